The van der Waals surface area contributed by atoms with Gasteiger partial charge in [-0.15, -0.1) is 0 Å². The minimum atomic E-state index is 0.865. The molecule has 0 radical (unpaired) electrons. The van der Waals surface area contributed by atoms with Gasteiger partial charge in [-0.2, -0.15) is 0 Å². The van der Waals surface area contributed by atoms with Crippen LogP contribution in [-0.4, -0.2) is 62.3 Å². The maximum absolute atomic E-state index is 3.98. The molecule has 3 nitrogen and oxygen atoms in total. The fraction of sp³-hybridized carbons (Fsp3) is 0.929. The molecule has 2 heterocycles. The smallest absolute Gasteiger partial charge is 0.0384 e. The van der Waals surface area contributed by atoms with Crippen LogP contribution in [0.4, 0.5) is 0 Å². The third kappa shape index (κ3) is 3.78. The Hall–Kier alpha value is -0.410. The second kappa shape index (κ2) is 6.50. The lowest BCUT2D eigenvalue weighted by molar-refractivity contribution is 0.0843. The number of likely N-dealkylation sites (tertiary alicyclic amines) is 2. The summed E-state index contributed by atoms with van der Waals surface area (Å²) in [6, 6.07) is 0.865. The van der Waals surface area contributed by atoms with Gasteiger partial charge in [0, 0.05) is 12.6 Å². The molecule has 2 fully saturated rings. The molecule has 0 atom stereocenters. The molecule has 98 valence electrons. The Morgan fingerprint density at radius 3 is 2.29 bits per heavy atom. The van der Waals surface area contributed by atoms with Crippen LogP contribution in [0.1, 0.15) is 32.1 Å². The van der Waals surface area contributed by atoms with E-state index in [-0.39, 0.29) is 0 Å². The summed E-state index contributed by atoms with van der Waals surface area (Å²) in [5, 5.41) is 0. The second-order valence-corrected chi connectivity index (χ2v) is 5.75. The van der Waals surface area contributed by atoms with Crippen molar-refractivity contribution in [1.29, 1.82) is 0 Å². The lowest BCUT2D eigenvalue weighted by Crippen LogP contribution is -2.46. The third-order valence-electron chi connectivity index (χ3n) is 4.55. The van der Waals surface area contributed by atoms with Crippen molar-refractivity contribution in [3.05, 3.63) is 0 Å². The van der Waals surface area contributed by atoms with Crippen LogP contribution in [0.5, 0.6) is 0 Å². The first-order chi connectivity index (χ1) is 8.29. The molecule has 2 rings (SSSR count). The van der Waals surface area contributed by atoms with E-state index >= 15 is 0 Å². The van der Waals surface area contributed by atoms with E-state index in [2.05, 4.69) is 28.6 Å². The topological polar surface area (TPSA) is 18.8 Å². The first-order valence-electron chi connectivity index (χ1n) is 7.14. The predicted octanol–water partition coefficient (Wildman–Crippen LogP) is 1.88. The third-order valence-corrected chi connectivity index (χ3v) is 4.55. The second-order valence-electron chi connectivity index (χ2n) is 5.75. The van der Waals surface area contributed by atoms with Gasteiger partial charge in [-0.1, -0.05) is 0 Å². The van der Waals surface area contributed by atoms with E-state index < -0.39 is 0 Å². The number of hydrogen-bond acceptors (Lipinski definition) is 3. The average Bonchev–Trinajstić information content (AvgIpc) is 2.38. The van der Waals surface area contributed by atoms with Gasteiger partial charge in [-0.05, 0) is 78.0 Å². The van der Waals surface area contributed by atoms with Gasteiger partial charge in [0.25, 0.3) is 0 Å². The Kier molecular flexibility index (Phi) is 4.99. The molecule has 2 aliphatic heterocycles. The van der Waals surface area contributed by atoms with E-state index in [1.807, 2.05) is 0 Å². The highest BCUT2D eigenvalue weighted by Gasteiger charge is 2.26. The molecule has 0 bridgehead atoms. The molecule has 3 heteroatoms. The van der Waals surface area contributed by atoms with E-state index in [0.29, 0.717) is 0 Å². The van der Waals surface area contributed by atoms with Crippen molar-refractivity contribution in [3.63, 3.8) is 0 Å². The Morgan fingerprint density at radius 2 is 1.71 bits per heavy atom. The van der Waals surface area contributed by atoms with Crippen LogP contribution < -0.4 is 0 Å². The minimum Gasteiger partial charge on any atom is -0.306 e. The van der Waals surface area contributed by atoms with E-state index in [9.17, 15) is 0 Å². The molecule has 0 saturated carbocycles. The quantitative estimate of drug-likeness (QED) is 0.695. The highest BCUT2D eigenvalue weighted by molar-refractivity contribution is 5.23. The molecule has 2 saturated heterocycles. The van der Waals surface area contributed by atoms with E-state index in [1.165, 1.54) is 58.3 Å². The summed E-state index contributed by atoms with van der Waals surface area (Å²) in [7, 11) is 2.24. The summed E-state index contributed by atoms with van der Waals surface area (Å²) >= 11 is 0. The number of hydrogen-bond donors (Lipinski definition) is 0. The van der Waals surface area contributed by atoms with Gasteiger partial charge in [0.2, 0.25) is 0 Å². The molecule has 0 aliphatic carbocycles. The van der Waals surface area contributed by atoms with E-state index in [4.69, 9.17) is 0 Å². The first-order valence-corrected chi connectivity index (χ1v) is 7.14. The van der Waals surface area contributed by atoms with E-state index in [1.54, 1.807) is 0 Å². The van der Waals surface area contributed by atoms with Crippen molar-refractivity contribution in [2.75, 3.05) is 39.8 Å². The number of aliphatic imine (C=N–C) groups is 1. The summed E-state index contributed by atoms with van der Waals surface area (Å²) in [4.78, 5) is 9.18. The molecule has 0 unspecified atom stereocenters. The predicted molar refractivity (Wildman–Crippen MR) is 73.8 cm³/mol. The van der Waals surface area contributed by atoms with Crippen LogP contribution in [0.25, 0.3) is 0 Å². The van der Waals surface area contributed by atoms with Crippen LogP contribution >= 0.6 is 0 Å². The van der Waals surface area contributed by atoms with Gasteiger partial charge >= 0.3 is 0 Å². The van der Waals surface area contributed by atoms with Crippen molar-refractivity contribution in [2.24, 2.45) is 10.9 Å². The van der Waals surface area contributed by atoms with Crippen molar-refractivity contribution < 1.29 is 0 Å². The standard InChI is InChI=1S/C14H27N3/c1-15-8-3-13-4-11-17(12-5-13)14-6-9-16(2)10-7-14/h13-14H,1,3-12H2,2H3. The summed E-state index contributed by atoms with van der Waals surface area (Å²) in [6.45, 7) is 9.73. The van der Waals surface area contributed by atoms with Gasteiger partial charge in [-0.3, -0.25) is 0 Å². The maximum atomic E-state index is 3.98. The highest BCUT2D eigenvalue weighted by Crippen LogP contribution is 2.25. The van der Waals surface area contributed by atoms with Gasteiger partial charge in [-0.25, -0.2) is 0 Å². The molecular formula is C14H27N3. The molecule has 2 aliphatic rings. The van der Waals surface area contributed by atoms with Crippen LogP contribution in [0, 0.1) is 5.92 Å². The Bertz CT molecular complexity index is 226. The minimum absolute atomic E-state index is 0.865. The molecule has 0 N–H and O–H groups in total. The molecule has 0 aromatic rings. The van der Waals surface area contributed by atoms with Crippen molar-refractivity contribution in [2.45, 2.75) is 38.1 Å². The van der Waals surface area contributed by atoms with Gasteiger partial charge < -0.3 is 14.8 Å². The molecule has 17 heavy (non-hydrogen) atoms. The van der Waals surface area contributed by atoms with Gasteiger partial charge in [0.1, 0.15) is 0 Å². The van der Waals surface area contributed by atoms with Gasteiger partial charge in [0.15, 0.2) is 0 Å². The fourth-order valence-electron chi connectivity index (χ4n) is 3.24. The molecule has 0 aromatic carbocycles. The van der Waals surface area contributed by atoms with E-state index in [0.717, 1.165) is 18.5 Å². The normalized spacial score (nSPS) is 26.2. The number of piperidine rings is 2. The number of rotatable bonds is 4. The maximum Gasteiger partial charge on any atom is 0.0384 e. The first kappa shape index (κ1) is 13.0. The summed E-state index contributed by atoms with van der Waals surface area (Å²) in [5.74, 6) is 0.906. The van der Waals surface area contributed by atoms with Crippen LogP contribution in [0.15, 0.2) is 4.99 Å². The molecule has 0 amide bonds. The zero-order valence-corrected chi connectivity index (χ0v) is 11.3. The summed E-state index contributed by atoms with van der Waals surface area (Å²) in [6.07, 6.45) is 6.75. The molecular weight excluding hydrogens is 210 g/mol. The lowest BCUT2D eigenvalue weighted by atomic mass is 9.91. The van der Waals surface area contributed by atoms with Crippen LogP contribution in [0.3, 0.4) is 0 Å². The monoisotopic (exact) mass is 237 g/mol. The Morgan fingerprint density at radius 1 is 1.06 bits per heavy atom. The Labute approximate surface area is 106 Å². The lowest BCUT2D eigenvalue weighted by Gasteiger charge is -2.41. The molecule has 0 spiro atoms. The van der Waals surface area contributed by atoms with Crippen LogP contribution in [0.2, 0.25) is 0 Å². The van der Waals surface area contributed by atoms with Crippen molar-refractivity contribution in [3.8, 4) is 0 Å². The summed E-state index contributed by atoms with van der Waals surface area (Å²) < 4.78 is 0. The Balaban J connectivity index is 1.69. The fourth-order valence-corrected chi connectivity index (χ4v) is 3.24. The number of nitrogens with zero attached hydrogens (tertiary/aromatic N) is 3. The SMILES string of the molecule is C=NCCC1CCN(C2CCN(C)CC2)CC1. The zero-order valence-electron chi connectivity index (χ0n) is 11.3. The van der Waals surface area contributed by atoms with Gasteiger partial charge in [0.05, 0.1) is 0 Å². The largest absolute Gasteiger partial charge is 0.306 e. The highest BCUT2D eigenvalue weighted by atomic mass is 15.2. The zero-order chi connectivity index (χ0) is 12.1. The molecule has 0 aromatic heterocycles. The van der Waals surface area contributed by atoms with Crippen molar-refractivity contribution >= 4 is 6.72 Å². The van der Waals surface area contributed by atoms with Crippen LogP contribution in [-0.2, 0) is 0 Å². The van der Waals surface area contributed by atoms with Crippen molar-refractivity contribution in [1.82, 2.24) is 9.80 Å². The average molecular weight is 237 g/mol. The summed E-state index contributed by atoms with van der Waals surface area (Å²) in [5.41, 5.74) is 0.